The summed E-state index contributed by atoms with van der Waals surface area (Å²) in [6, 6.07) is 0.718. The van der Waals surface area contributed by atoms with E-state index in [-0.39, 0.29) is 0 Å². The van der Waals surface area contributed by atoms with Crippen molar-refractivity contribution in [3.63, 3.8) is 0 Å². The molecule has 1 atom stereocenters. The van der Waals surface area contributed by atoms with Crippen LogP contribution < -0.4 is 53.2 Å². The molecule has 0 aromatic carbocycles. The first-order chi connectivity index (χ1) is 18.0. The lowest BCUT2D eigenvalue weighted by Gasteiger charge is -2.41. The zero-order valence-electron chi connectivity index (χ0n) is 23.0. The van der Waals surface area contributed by atoms with Gasteiger partial charge in [0.05, 0.1) is 0 Å². The molecule has 36 heavy (non-hydrogen) atoms. The molecule has 0 spiro atoms. The summed E-state index contributed by atoms with van der Waals surface area (Å²) >= 11 is 0. The summed E-state index contributed by atoms with van der Waals surface area (Å²) in [6.07, 6.45) is 2.51. The van der Waals surface area contributed by atoms with E-state index in [0.29, 0.717) is 0 Å². The van der Waals surface area contributed by atoms with Gasteiger partial charge in [-0.25, -0.2) is 0 Å². The maximum atomic E-state index is 3.63. The molecule has 2 aliphatic heterocycles. The van der Waals surface area contributed by atoms with Gasteiger partial charge in [-0.15, -0.1) is 0 Å². The van der Waals surface area contributed by atoms with Gasteiger partial charge in [-0.1, -0.05) is 0 Å². The van der Waals surface area contributed by atoms with Crippen LogP contribution in [0.1, 0.15) is 12.8 Å². The molecule has 2 rings (SSSR count). The fraction of sp³-hybridized carbons (Fsp3) is 1.00. The molecule has 0 bridgehead atoms. The number of rotatable bonds is 0. The van der Waals surface area contributed by atoms with E-state index in [0.717, 1.165) is 143 Å². The Kier molecular flexibility index (Phi) is 22.0. The van der Waals surface area contributed by atoms with Gasteiger partial charge in [0.15, 0.2) is 0 Å². The maximum Gasteiger partial charge on any atom is 0.0233 e. The largest absolute Gasteiger partial charge is 0.315 e. The molecule has 11 heteroatoms. The Balaban J connectivity index is 1.48. The van der Waals surface area contributed by atoms with E-state index in [4.69, 9.17) is 0 Å². The third-order valence-electron chi connectivity index (χ3n) is 6.76. The third kappa shape index (κ3) is 18.8. The first-order valence-corrected chi connectivity index (χ1v) is 14.8. The van der Waals surface area contributed by atoms with E-state index >= 15 is 0 Å². The molecule has 0 aromatic heterocycles. The molecular formula is C25H59N11. The van der Waals surface area contributed by atoms with Gasteiger partial charge in [0.2, 0.25) is 0 Å². The summed E-state index contributed by atoms with van der Waals surface area (Å²) in [5.41, 5.74) is 0. The van der Waals surface area contributed by atoms with Crippen LogP contribution in [0.4, 0.5) is 0 Å². The highest BCUT2D eigenvalue weighted by atomic mass is 15.2. The smallest absolute Gasteiger partial charge is 0.0233 e. The summed E-state index contributed by atoms with van der Waals surface area (Å²) in [4.78, 5) is 2.61. The highest BCUT2D eigenvalue weighted by Gasteiger charge is 2.26. The Morgan fingerprint density at radius 1 is 0.333 bits per heavy atom. The van der Waals surface area contributed by atoms with Gasteiger partial charge in [-0.05, 0) is 25.9 Å². The second-order valence-corrected chi connectivity index (χ2v) is 9.79. The van der Waals surface area contributed by atoms with Gasteiger partial charge in [0, 0.05) is 137 Å². The van der Waals surface area contributed by atoms with E-state index in [9.17, 15) is 0 Å². The summed E-state index contributed by atoms with van der Waals surface area (Å²) in [5, 5.41) is 35.3. The second kappa shape index (κ2) is 24.9. The van der Waals surface area contributed by atoms with E-state index in [1.165, 1.54) is 19.4 Å². The van der Waals surface area contributed by atoms with Crippen molar-refractivity contribution in [1.29, 1.82) is 0 Å². The highest BCUT2D eigenvalue weighted by molar-refractivity contribution is 4.84. The van der Waals surface area contributed by atoms with Crippen LogP contribution in [0.25, 0.3) is 0 Å². The Hall–Kier alpha value is -0.440. The van der Waals surface area contributed by atoms with Gasteiger partial charge in [0.1, 0.15) is 0 Å². The maximum absolute atomic E-state index is 3.63. The van der Waals surface area contributed by atoms with E-state index < -0.39 is 0 Å². The van der Waals surface area contributed by atoms with Crippen molar-refractivity contribution < 1.29 is 0 Å². The lowest BCUT2D eigenvalue weighted by atomic mass is 10.0. The van der Waals surface area contributed by atoms with Crippen molar-refractivity contribution in [3.8, 4) is 0 Å². The molecule has 214 valence electrons. The first kappa shape index (κ1) is 31.8. The number of nitrogens with one attached hydrogen (secondary N) is 10. The van der Waals surface area contributed by atoms with Crippen molar-refractivity contribution >= 4 is 0 Å². The fourth-order valence-electron chi connectivity index (χ4n) is 4.39. The molecule has 2 fully saturated rings. The Bertz CT molecular complexity index is 418. The lowest BCUT2D eigenvalue weighted by Crippen LogP contribution is -2.55. The minimum absolute atomic E-state index is 0.718. The number of nitrogens with zero attached hydrogens (tertiary/aromatic N) is 1. The minimum atomic E-state index is 0.718. The van der Waals surface area contributed by atoms with E-state index in [1.807, 2.05) is 0 Å². The molecule has 2 aliphatic rings. The molecule has 0 saturated carbocycles. The van der Waals surface area contributed by atoms with Crippen molar-refractivity contribution in [3.05, 3.63) is 0 Å². The summed E-state index contributed by atoms with van der Waals surface area (Å²) in [6.45, 7) is 23.2. The predicted molar refractivity (Wildman–Crippen MR) is 153 cm³/mol. The van der Waals surface area contributed by atoms with Crippen LogP contribution in [0, 0.1) is 0 Å². The number of hydrogen-bond acceptors (Lipinski definition) is 11. The zero-order valence-corrected chi connectivity index (χ0v) is 23.0. The number of fused-ring (bicyclic) bond motifs is 1. The molecule has 2 heterocycles. The molecule has 0 amide bonds. The van der Waals surface area contributed by atoms with Crippen molar-refractivity contribution in [2.24, 2.45) is 0 Å². The predicted octanol–water partition coefficient (Wildman–Crippen LogP) is -3.64. The van der Waals surface area contributed by atoms with Gasteiger partial charge in [-0.2, -0.15) is 0 Å². The zero-order chi connectivity index (χ0) is 25.2. The molecule has 10 N–H and O–H groups in total. The topological polar surface area (TPSA) is 124 Å². The minimum Gasteiger partial charge on any atom is -0.315 e. The van der Waals surface area contributed by atoms with Crippen molar-refractivity contribution in [1.82, 2.24) is 58.1 Å². The van der Waals surface area contributed by atoms with E-state index in [1.54, 1.807) is 0 Å². The molecule has 0 aliphatic carbocycles. The lowest BCUT2D eigenvalue weighted by molar-refractivity contribution is 0.0914. The van der Waals surface area contributed by atoms with Gasteiger partial charge in [0.25, 0.3) is 0 Å². The van der Waals surface area contributed by atoms with Crippen LogP contribution in [0.15, 0.2) is 0 Å². The second-order valence-electron chi connectivity index (χ2n) is 9.79. The van der Waals surface area contributed by atoms with Crippen LogP contribution in [0.2, 0.25) is 0 Å². The fourth-order valence-corrected chi connectivity index (χ4v) is 4.39. The van der Waals surface area contributed by atoms with Crippen LogP contribution in [-0.4, -0.2) is 155 Å². The molecule has 2 saturated heterocycles. The Morgan fingerprint density at radius 3 is 1.03 bits per heavy atom. The standard InChI is InChI=1S/C25H59N11/c1-3-26-5-7-28-9-10-30-11-12-31-13-14-32-15-16-33-19-20-35-24-25-2-22-36(25)23-21-34-18-17-29-8-6-27-4-1/h25-35H,1-24H2. The summed E-state index contributed by atoms with van der Waals surface area (Å²) in [5.74, 6) is 0. The average molecular weight is 514 g/mol. The monoisotopic (exact) mass is 513 g/mol. The normalized spacial score (nSPS) is 27.2. The molecule has 0 radical (unpaired) electrons. The van der Waals surface area contributed by atoms with Crippen molar-refractivity contribution in [2.75, 3.05) is 144 Å². The third-order valence-corrected chi connectivity index (χ3v) is 6.76. The molecule has 0 aromatic rings. The summed E-state index contributed by atoms with van der Waals surface area (Å²) < 4.78 is 0. The van der Waals surface area contributed by atoms with Crippen LogP contribution in [0.3, 0.4) is 0 Å². The van der Waals surface area contributed by atoms with Gasteiger partial charge >= 0.3 is 0 Å². The van der Waals surface area contributed by atoms with Crippen LogP contribution in [-0.2, 0) is 0 Å². The molecule has 11 nitrogen and oxygen atoms in total. The van der Waals surface area contributed by atoms with Gasteiger partial charge < -0.3 is 53.2 Å². The highest BCUT2D eigenvalue weighted by Crippen LogP contribution is 2.15. The number of hydrogen-bond donors (Lipinski definition) is 10. The van der Waals surface area contributed by atoms with Crippen LogP contribution in [0.5, 0.6) is 0 Å². The Labute approximate surface area is 221 Å². The van der Waals surface area contributed by atoms with E-state index in [2.05, 4.69) is 58.1 Å². The SMILES string of the molecule is C1CNCCNCCNCCNCCNCCNCCNCC2CCN2CCNCCNCCNC1. The quantitative estimate of drug-likeness (QED) is 0.158. The summed E-state index contributed by atoms with van der Waals surface area (Å²) in [7, 11) is 0. The Morgan fingerprint density at radius 2 is 0.667 bits per heavy atom. The first-order valence-electron chi connectivity index (χ1n) is 14.8. The average Bonchev–Trinajstić information content (AvgIpc) is 2.87. The van der Waals surface area contributed by atoms with Gasteiger partial charge in [-0.3, -0.25) is 4.90 Å². The molecule has 1 unspecified atom stereocenters. The van der Waals surface area contributed by atoms with Crippen molar-refractivity contribution in [2.45, 2.75) is 18.9 Å². The molecular weight excluding hydrogens is 454 g/mol. The van der Waals surface area contributed by atoms with Crippen LogP contribution >= 0.6 is 0 Å².